The van der Waals surface area contributed by atoms with Gasteiger partial charge in [0.05, 0.1) is 6.20 Å². The molecular weight excluding hydrogens is 130 g/mol. The topological polar surface area (TPSA) is 65.0 Å². The van der Waals surface area contributed by atoms with Crippen molar-refractivity contribution in [3.05, 3.63) is 23.5 Å². The van der Waals surface area contributed by atoms with E-state index in [4.69, 9.17) is 5.73 Å². The molecule has 0 unspecified atom stereocenters. The molecule has 4 nitrogen and oxygen atoms in total. The van der Waals surface area contributed by atoms with Gasteiger partial charge in [-0.1, -0.05) is 0 Å². The van der Waals surface area contributed by atoms with E-state index >= 15 is 0 Å². The van der Waals surface area contributed by atoms with E-state index in [2.05, 4.69) is 5.32 Å². The number of rotatable bonds is 1. The first-order valence-electron chi connectivity index (χ1n) is 2.91. The largest absolute Gasteiger partial charge is 0.711 e. The monoisotopic (exact) mass is 139 g/mol. The maximum Gasteiger partial charge on any atom is 0.299 e. The number of anilines is 2. The van der Waals surface area contributed by atoms with Crippen molar-refractivity contribution in [2.45, 2.75) is 0 Å². The Labute approximate surface area is 58.9 Å². The van der Waals surface area contributed by atoms with Crippen LogP contribution in [0.1, 0.15) is 0 Å². The smallest absolute Gasteiger partial charge is 0.299 e. The second-order valence-corrected chi connectivity index (χ2v) is 1.88. The molecule has 0 aliphatic carbocycles. The third-order valence-electron chi connectivity index (χ3n) is 1.27. The van der Waals surface area contributed by atoms with E-state index in [1.165, 1.54) is 6.20 Å². The molecular formula is C6H9N3O. The third kappa shape index (κ3) is 0.953. The summed E-state index contributed by atoms with van der Waals surface area (Å²) in [5.74, 6) is 0.199. The number of nitrogens with zero attached hydrogens (tertiary/aromatic N) is 1. The maximum absolute atomic E-state index is 10.8. The normalized spacial score (nSPS) is 9.30. The fourth-order valence-corrected chi connectivity index (χ4v) is 0.713. The lowest BCUT2D eigenvalue weighted by atomic mass is 10.4. The SMILES string of the molecule is CNc1ccc[n+]([O-])c1N. The van der Waals surface area contributed by atoms with Crippen molar-refractivity contribution in [3.8, 4) is 0 Å². The van der Waals surface area contributed by atoms with Crippen LogP contribution in [0, 0.1) is 5.21 Å². The number of nitrogen functional groups attached to an aromatic ring is 1. The van der Waals surface area contributed by atoms with E-state index < -0.39 is 0 Å². The van der Waals surface area contributed by atoms with Gasteiger partial charge in [0.1, 0.15) is 5.69 Å². The third-order valence-corrected chi connectivity index (χ3v) is 1.27. The van der Waals surface area contributed by atoms with E-state index in [9.17, 15) is 5.21 Å². The second-order valence-electron chi connectivity index (χ2n) is 1.88. The molecule has 0 aliphatic rings. The first-order valence-corrected chi connectivity index (χ1v) is 2.91. The van der Waals surface area contributed by atoms with Crippen LogP contribution in [0.2, 0.25) is 0 Å². The Kier molecular flexibility index (Phi) is 1.62. The van der Waals surface area contributed by atoms with Crippen LogP contribution in [-0.2, 0) is 0 Å². The zero-order valence-corrected chi connectivity index (χ0v) is 5.66. The lowest BCUT2D eigenvalue weighted by Gasteiger charge is -2.06. The highest BCUT2D eigenvalue weighted by atomic mass is 16.5. The highest BCUT2D eigenvalue weighted by Crippen LogP contribution is 2.09. The average molecular weight is 139 g/mol. The van der Waals surface area contributed by atoms with E-state index in [-0.39, 0.29) is 5.82 Å². The molecule has 3 N–H and O–H groups in total. The Hall–Kier alpha value is -1.45. The van der Waals surface area contributed by atoms with Gasteiger partial charge in [-0.3, -0.25) is 5.73 Å². The van der Waals surface area contributed by atoms with E-state index in [1.54, 1.807) is 19.2 Å². The van der Waals surface area contributed by atoms with Gasteiger partial charge in [0.2, 0.25) is 0 Å². The number of nitrogens with two attached hydrogens (primary N) is 1. The van der Waals surface area contributed by atoms with Gasteiger partial charge in [-0.25, -0.2) is 4.73 Å². The quantitative estimate of drug-likeness (QED) is 0.423. The molecule has 0 saturated carbocycles. The highest BCUT2D eigenvalue weighted by molar-refractivity contribution is 5.57. The van der Waals surface area contributed by atoms with Crippen LogP contribution in [0.25, 0.3) is 0 Å². The summed E-state index contributed by atoms with van der Waals surface area (Å²) in [6.45, 7) is 0. The maximum atomic E-state index is 10.8. The minimum Gasteiger partial charge on any atom is -0.711 e. The molecule has 1 aromatic rings. The molecule has 0 fully saturated rings. The van der Waals surface area contributed by atoms with Gasteiger partial charge in [0, 0.05) is 7.05 Å². The van der Waals surface area contributed by atoms with Crippen LogP contribution in [0.5, 0.6) is 0 Å². The van der Waals surface area contributed by atoms with Crippen molar-refractivity contribution in [3.63, 3.8) is 0 Å². The van der Waals surface area contributed by atoms with Gasteiger partial charge in [0.25, 0.3) is 5.82 Å². The minimum atomic E-state index is 0.199. The number of nitrogens with one attached hydrogen (secondary N) is 1. The summed E-state index contributed by atoms with van der Waals surface area (Å²) < 4.78 is 0.617. The summed E-state index contributed by atoms with van der Waals surface area (Å²) in [6.07, 6.45) is 1.36. The van der Waals surface area contributed by atoms with Gasteiger partial charge in [0.15, 0.2) is 0 Å². The summed E-state index contributed by atoms with van der Waals surface area (Å²) in [6, 6.07) is 3.37. The Morgan fingerprint density at radius 1 is 1.70 bits per heavy atom. The second kappa shape index (κ2) is 2.43. The predicted molar refractivity (Wildman–Crippen MR) is 39.4 cm³/mol. The van der Waals surface area contributed by atoms with Crippen molar-refractivity contribution in [2.24, 2.45) is 0 Å². The van der Waals surface area contributed by atoms with Gasteiger partial charge in [-0.15, -0.1) is 0 Å². The molecule has 0 aliphatic heterocycles. The van der Waals surface area contributed by atoms with Gasteiger partial charge in [-0.05, 0) is 12.1 Å². The molecule has 54 valence electrons. The summed E-state index contributed by atoms with van der Waals surface area (Å²) in [5.41, 5.74) is 6.03. The van der Waals surface area contributed by atoms with Crippen LogP contribution in [0.15, 0.2) is 18.3 Å². The molecule has 1 rings (SSSR count). The molecule has 0 saturated heterocycles. The molecule has 0 atom stereocenters. The van der Waals surface area contributed by atoms with Crippen LogP contribution in [-0.4, -0.2) is 7.05 Å². The molecule has 1 heterocycles. The van der Waals surface area contributed by atoms with Crippen LogP contribution in [0.3, 0.4) is 0 Å². The predicted octanol–water partition coefficient (Wildman–Crippen LogP) is -0.0561. The van der Waals surface area contributed by atoms with Gasteiger partial charge >= 0.3 is 0 Å². The van der Waals surface area contributed by atoms with E-state index in [0.29, 0.717) is 10.4 Å². The zero-order valence-electron chi connectivity index (χ0n) is 5.66. The molecule has 0 spiro atoms. The van der Waals surface area contributed by atoms with Crippen molar-refractivity contribution in [1.29, 1.82) is 0 Å². The Morgan fingerprint density at radius 2 is 2.40 bits per heavy atom. The van der Waals surface area contributed by atoms with Crippen molar-refractivity contribution in [2.75, 3.05) is 18.1 Å². The zero-order chi connectivity index (χ0) is 7.56. The Balaban J connectivity index is 3.14. The van der Waals surface area contributed by atoms with Gasteiger partial charge in [-0.2, -0.15) is 0 Å². The molecule has 1 aromatic heterocycles. The first kappa shape index (κ1) is 6.67. The molecule has 4 heteroatoms. The Morgan fingerprint density at radius 3 is 2.90 bits per heavy atom. The molecule has 0 amide bonds. The van der Waals surface area contributed by atoms with Crippen molar-refractivity contribution in [1.82, 2.24) is 0 Å². The lowest BCUT2D eigenvalue weighted by molar-refractivity contribution is -0.589. The van der Waals surface area contributed by atoms with Crippen molar-refractivity contribution >= 4 is 11.5 Å². The fourth-order valence-electron chi connectivity index (χ4n) is 0.713. The molecule has 0 bridgehead atoms. The standard InChI is InChI=1S/C6H9N3O/c1-8-5-3-2-4-9(10)6(5)7/h2-4,8H,7H2,1H3. The fraction of sp³-hybridized carbons (Fsp3) is 0.167. The van der Waals surface area contributed by atoms with Gasteiger partial charge < -0.3 is 10.5 Å². The van der Waals surface area contributed by atoms with Crippen LogP contribution >= 0.6 is 0 Å². The highest BCUT2D eigenvalue weighted by Gasteiger charge is 2.01. The summed E-state index contributed by atoms with van der Waals surface area (Å²) >= 11 is 0. The van der Waals surface area contributed by atoms with Crippen molar-refractivity contribution < 1.29 is 4.73 Å². The molecule has 0 aromatic carbocycles. The minimum absolute atomic E-state index is 0.199. The number of aromatic nitrogens is 1. The number of hydrogen-bond donors (Lipinski definition) is 2. The van der Waals surface area contributed by atoms with E-state index in [1.807, 2.05) is 0 Å². The van der Waals surface area contributed by atoms with Crippen LogP contribution < -0.4 is 15.8 Å². The summed E-state index contributed by atoms with van der Waals surface area (Å²) in [5, 5.41) is 13.5. The summed E-state index contributed by atoms with van der Waals surface area (Å²) in [4.78, 5) is 0. The summed E-state index contributed by atoms with van der Waals surface area (Å²) in [7, 11) is 1.71. The first-order chi connectivity index (χ1) is 4.75. The molecule has 10 heavy (non-hydrogen) atoms. The average Bonchev–Trinajstić information content (AvgIpc) is 1.95. The number of pyridine rings is 1. The van der Waals surface area contributed by atoms with E-state index in [0.717, 1.165) is 0 Å². The number of hydrogen-bond acceptors (Lipinski definition) is 3. The lowest BCUT2D eigenvalue weighted by Crippen LogP contribution is -2.30. The van der Waals surface area contributed by atoms with Crippen LogP contribution in [0.4, 0.5) is 11.5 Å². The molecule has 0 radical (unpaired) electrons. The Bertz CT molecular complexity index is 236.